The number of anilines is 2. The molecule has 1 amide bonds. The maximum Gasteiger partial charge on any atom is 0.312 e. The first-order valence-electron chi connectivity index (χ1n) is 25.6. The van der Waals surface area contributed by atoms with Crippen LogP contribution in [0.25, 0.3) is 11.0 Å². The maximum atomic E-state index is 15.0. The molecule has 2 saturated heterocycles. The van der Waals surface area contributed by atoms with Gasteiger partial charge in [0.1, 0.15) is 22.1 Å². The van der Waals surface area contributed by atoms with E-state index in [1.54, 1.807) is 37.2 Å². The molecule has 19 nitrogen and oxygen atoms in total. The first-order chi connectivity index (χ1) is 35.2. The number of pyridine rings is 2. The molecule has 5 aromatic rings. The van der Waals surface area contributed by atoms with Gasteiger partial charge in [-0.05, 0) is 113 Å². The molecule has 398 valence electrons. The second kappa shape index (κ2) is 21.0. The van der Waals surface area contributed by atoms with Crippen LogP contribution in [0.15, 0.2) is 71.9 Å². The number of carbonyl (C=O) groups excluding carboxylic acids is 1. The zero-order valence-electron chi connectivity index (χ0n) is 42.5. The summed E-state index contributed by atoms with van der Waals surface area (Å²) < 4.78 is 84.9. The van der Waals surface area contributed by atoms with E-state index in [1.807, 2.05) is 16.9 Å². The number of H-pyrrole nitrogens is 1. The number of fused-ring (bicyclic) bond motifs is 1. The largest absolute Gasteiger partial charge is 0.475 e. The molecule has 2 aromatic carbocycles. The Morgan fingerprint density at radius 2 is 1.73 bits per heavy atom. The van der Waals surface area contributed by atoms with Gasteiger partial charge in [0, 0.05) is 81.4 Å². The van der Waals surface area contributed by atoms with Crippen LogP contribution in [0.5, 0.6) is 17.4 Å². The molecule has 0 radical (unpaired) electrons. The normalized spacial score (nSPS) is 21.9. The molecule has 4 fully saturated rings. The van der Waals surface area contributed by atoms with Crippen LogP contribution in [-0.2, 0) is 20.0 Å². The van der Waals surface area contributed by atoms with Gasteiger partial charge in [-0.15, -0.1) is 0 Å². The Balaban J connectivity index is 0.941. The average molecular weight is 1060 g/mol. The Labute approximate surface area is 431 Å². The number of aromatic nitrogens is 3. The number of amides is 1. The SMILES string of the molecule is CCOc1nc2[nH]cc(F)c2cc1Oc1cc(N2CCC3(CC2)CC(N2CCN(S(=O)(=O)CC)C[C@H]2c2ccccc2C(C)C)C3)ccc1C(=O)NS(=O)(=O)c1cnc(NCC2CCC(C)(O)CC2)c([N+](=O)[O-])c1. The van der Waals surface area contributed by atoms with Crippen molar-refractivity contribution in [3.63, 3.8) is 0 Å². The van der Waals surface area contributed by atoms with E-state index < -0.39 is 52.9 Å². The van der Waals surface area contributed by atoms with Crippen LogP contribution in [0.3, 0.4) is 0 Å². The molecule has 2 aliphatic heterocycles. The zero-order chi connectivity index (χ0) is 52.7. The highest BCUT2D eigenvalue weighted by molar-refractivity contribution is 7.90. The quantitative estimate of drug-likeness (QED) is 0.0506. The van der Waals surface area contributed by atoms with Crippen LogP contribution in [0.1, 0.15) is 119 Å². The fourth-order valence-corrected chi connectivity index (χ4v) is 13.3. The predicted molar refractivity (Wildman–Crippen MR) is 278 cm³/mol. The second-order valence-electron chi connectivity index (χ2n) is 20.9. The molecular formula is C52H66FN9O10S2. The zero-order valence-corrected chi connectivity index (χ0v) is 44.1. The number of sulfonamides is 2. The Morgan fingerprint density at radius 3 is 2.42 bits per heavy atom. The highest BCUT2D eigenvalue weighted by atomic mass is 32.2. The number of rotatable bonds is 17. The Hall–Kier alpha value is -5.94. The van der Waals surface area contributed by atoms with Gasteiger partial charge >= 0.3 is 5.69 Å². The summed E-state index contributed by atoms with van der Waals surface area (Å²) in [4.78, 5) is 41.0. The van der Waals surface area contributed by atoms with E-state index in [4.69, 9.17) is 9.47 Å². The van der Waals surface area contributed by atoms with Gasteiger partial charge in [-0.1, -0.05) is 38.1 Å². The van der Waals surface area contributed by atoms with Gasteiger partial charge in [-0.25, -0.2) is 30.9 Å². The maximum absolute atomic E-state index is 15.0. The van der Waals surface area contributed by atoms with Crippen molar-refractivity contribution >= 4 is 54.2 Å². The summed E-state index contributed by atoms with van der Waals surface area (Å²) in [5.41, 5.74) is 1.80. The van der Waals surface area contributed by atoms with Crippen molar-refractivity contribution in [1.82, 2.24) is 28.9 Å². The molecule has 4 N–H and O–H groups in total. The van der Waals surface area contributed by atoms with Gasteiger partial charge in [0.05, 0.1) is 40.0 Å². The lowest BCUT2D eigenvalue weighted by atomic mass is 9.59. The first kappa shape index (κ1) is 52.9. The number of aromatic amines is 1. The summed E-state index contributed by atoms with van der Waals surface area (Å²) >= 11 is 0. The summed E-state index contributed by atoms with van der Waals surface area (Å²) in [7, 11) is -8.14. The van der Waals surface area contributed by atoms with E-state index in [2.05, 4.69) is 56.0 Å². The number of piperidine rings is 1. The second-order valence-corrected chi connectivity index (χ2v) is 24.9. The molecule has 22 heteroatoms. The highest BCUT2D eigenvalue weighted by Gasteiger charge is 2.51. The monoisotopic (exact) mass is 1060 g/mol. The van der Waals surface area contributed by atoms with E-state index in [0.717, 1.165) is 44.1 Å². The van der Waals surface area contributed by atoms with Crippen molar-refractivity contribution in [2.75, 3.05) is 61.8 Å². The van der Waals surface area contributed by atoms with E-state index in [0.29, 0.717) is 70.6 Å². The molecule has 4 aliphatic rings. The molecule has 1 atom stereocenters. The molecule has 5 heterocycles. The molecule has 74 heavy (non-hydrogen) atoms. The Bertz CT molecular complexity index is 3130. The molecule has 2 aliphatic carbocycles. The van der Waals surface area contributed by atoms with Crippen molar-refractivity contribution in [3.05, 3.63) is 99.6 Å². The van der Waals surface area contributed by atoms with Crippen molar-refractivity contribution in [2.45, 2.75) is 114 Å². The molecule has 1 spiro atoms. The Morgan fingerprint density at radius 1 is 1.00 bits per heavy atom. The van der Waals surface area contributed by atoms with Gasteiger partial charge in [0.2, 0.25) is 15.8 Å². The smallest absolute Gasteiger partial charge is 0.312 e. The van der Waals surface area contributed by atoms with Crippen LogP contribution >= 0.6 is 0 Å². The number of nitrogens with one attached hydrogen (secondary N) is 3. The summed E-state index contributed by atoms with van der Waals surface area (Å²) in [5.74, 6) is -1.50. The van der Waals surface area contributed by atoms with E-state index in [9.17, 15) is 41.2 Å². The minimum absolute atomic E-state index is 0.00328. The fraction of sp³-hybridized carbons (Fsp3) is 0.519. The Kier molecular flexibility index (Phi) is 15.0. The summed E-state index contributed by atoms with van der Waals surface area (Å²) in [6, 6.07) is 15.6. The highest BCUT2D eigenvalue weighted by Crippen LogP contribution is 2.53. The third-order valence-electron chi connectivity index (χ3n) is 15.7. The van der Waals surface area contributed by atoms with Crippen molar-refractivity contribution in [3.8, 4) is 17.4 Å². The number of hydrogen-bond acceptors (Lipinski definition) is 15. The van der Waals surface area contributed by atoms with Gasteiger partial charge < -0.3 is 29.8 Å². The van der Waals surface area contributed by atoms with Gasteiger partial charge in [0.25, 0.3) is 21.8 Å². The lowest BCUT2D eigenvalue weighted by Gasteiger charge is -2.58. The summed E-state index contributed by atoms with van der Waals surface area (Å²) in [5, 5.41) is 25.6. The number of halogens is 1. The molecule has 2 saturated carbocycles. The topological polar surface area (TPSA) is 243 Å². The predicted octanol–water partition coefficient (Wildman–Crippen LogP) is 8.25. The lowest BCUT2D eigenvalue weighted by molar-refractivity contribution is -0.384. The van der Waals surface area contributed by atoms with Crippen LogP contribution in [0.4, 0.5) is 21.6 Å². The number of aliphatic hydroxyl groups is 1. The number of nitro groups is 1. The third kappa shape index (κ3) is 11.1. The van der Waals surface area contributed by atoms with Crippen LogP contribution < -0.4 is 24.4 Å². The molecule has 9 rings (SSSR count). The third-order valence-corrected chi connectivity index (χ3v) is 18.8. The summed E-state index contributed by atoms with van der Waals surface area (Å²) in [6.07, 6.45) is 8.34. The van der Waals surface area contributed by atoms with E-state index >= 15 is 0 Å². The van der Waals surface area contributed by atoms with Crippen LogP contribution in [-0.4, -0.2) is 120 Å². The van der Waals surface area contributed by atoms with E-state index in [1.165, 1.54) is 23.3 Å². The van der Waals surface area contributed by atoms with E-state index in [-0.39, 0.29) is 81.5 Å². The van der Waals surface area contributed by atoms with Crippen molar-refractivity contribution < 1.29 is 45.5 Å². The van der Waals surface area contributed by atoms with Crippen LogP contribution in [0, 0.1) is 27.3 Å². The van der Waals surface area contributed by atoms with Crippen molar-refractivity contribution in [1.29, 1.82) is 0 Å². The number of nitrogens with zero attached hydrogens (tertiary/aromatic N) is 6. The fourth-order valence-electron chi connectivity index (χ4n) is 11.3. The molecule has 3 aromatic heterocycles. The summed E-state index contributed by atoms with van der Waals surface area (Å²) in [6.45, 7) is 12.9. The number of piperazine rings is 1. The standard InChI is InChI=1S/C52H66FN9O10S2/c1-6-71-50-46(26-41-42(53)31-56-47(41)57-50)72-45-24-35(12-13-40(45)49(63)58-74(69,70)37-25-43(62(65)66)48(55-30-37)54-29-34-14-16-51(5,64)17-15-34)59-20-18-52(19-21-59)27-36(28-52)61-23-22-60(73(67,68)7-2)32-44(61)39-11-9-8-10-38(39)33(3)4/h8-13,24-26,30-31,33-34,36,44,64H,6-7,14-23,27-29,32H2,1-5H3,(H,54,55)(H,56,57)(H,58,63)/t34?,44-,51?/m0/s1. The van der Waals surface area contributed by atoms with Crippen molar-refractivity contribution in [2.24, 2.45) is 11.3 Å². The number of benzene rings is 2. The lowest BCUT2D eigenvalue weighted by Crippen LogP contribution is -2.60. The minimum Gasteiger partial charge on any atom is -0.475 e. The minimum atomic E-state index is -4.76. The molecule has 0 unspecified atom stereocenters. The van der Waals surface area contributed by atoms with Gasteiger partial charge in [-0.3, -0.25) is 19.8 Å². The first-order valence-corrected chi connectivity index (χ1v) is 28.7. The van der Waals surface area contributed by atoms with Gasteiger partial charge in [-0.2, -0.15) is 9.29 Å². The van der Waals surface area contributed by atoms with Gasteiger partial charge in [0.15, 0.2) is 5.75 Å². The number of ether oxygens (including phenoxy) is 2. The number of carbonyl (C=O) groups is 1. The average Bonchev–Trinajstić information content (AvgIpc) is 3.73. The molecule has 0 bridgehead atoms. The number of hydrogen-bond donors (Lipinski definition) is 4. The molecular weight excluding hydrogens is 994 g/mol. The van der Waals surface area contributed by atoms with Crippen LogP contribution in [0.2, 0.25) is 0 Å².